The highest BCUT2D eigenvalue weighted by Crippen LogP contribution is 2.20. The molecule has 0 N–H and O–H groups in total. The molecule has 0 radical (unpaired) electrons. The van der Waals surface area contributed by atoms with Crippen molar-refractivity contribution < 1.29 is 9.53 Å². The fourth-order valence-corrected chi connectivity index (χ4v) is 2.05. The van der Waals surface area contributed by atoms with Crippen LogP contribution < -0.4 is 0 Å². The maximum Gasteiger partial charge on any atom is 0.330 e. The zero-order valence-corrected chi connectivity index (χ0v) is 12.5. The summed E-state index contributed by atoms with van der Waals surface area (Å²) in [7, 11) is 0. The number of fused-ring (bicyclic) bond motifs is 1. The van der Waals surface area contributed by atoms with E-state index in [1.54, 1.807) is 13.0 Å². The second-order valence-electron chi connectivity index (χ2n) is 4.57. The van der Waals surface area contributed by atoms with Crippen LogP contribution in [-0.2, 0) is 16.1 Å². The zero-order chi connectivity index (χ0) is 15.2. The standard InChI is InChI=1S/C16H19N3O2/c1-4-6-11-19-14-9-7-13(8-10-15(20)21-5-2)12(3)16(14)17-18-19/h4,6-10H,5,11H2,1-3H3/b6-4+,10-8+. The molecule has 0 aliphatic carbocycles. The van der Waals surface area contributed by atoms with Gasteiger partial charge < -0.3 is 4.74 Å². The SMILES string of the molecule is C/C=C/Cn1nnc2c(C)c(/C=C/C(=O)OCC)ccc21. The Bertz CT molecular complexity index is 699. The molecule has 0 saturated heterocycles. The molecule has 0 saturated carbocycles. The number of ether oxygens (including phenoxy) is 1. The smallest absolute Gasteiger partial charge is 0.330 e. The van der Waals surface area contributed by atoms with Crippen molar-refractivity contribution in [1.82, 2.24) is 15.0 Å². The number of carbonyl (C=O) groups excluding carboxylic acids is 1. The third-order valence-electron chi connectivity index (χ3n) is 3.18. The number of allylic oxidation sites excluding steroid dienone is 2. The van der Waals surface area contributed by atoms with Crippen LogP contribution in [0.15, 0.2) is 30.4 Å². The molecule has 2 aromatic rings. The predicted molar refractivity (Wildman–Crippen MR) is 82.7 cm³/mol. The summed E-state index contributed by atoms with van der Waals surface area (Å²) in [6.07, 6.45) is 7.19. The van der Waals surface area contributed by atoms with Crippen LogP contribution in [0.4, 0.5) is 0 Å². The summed E-state index contributed by atoms with van der Waals surface area (Å²) in [5.41, 5.74) is 3.78. The van der Waals surface area contributed by atoms with E-state index in [2.05, 4.69) is 10.3 Å². The van der Waals surface area contributed by atoms with Gasteiger partial charge >= 0.3 is 5.97 Å². The number of rotatable bonds is 5. The quantitative estimate of drug-likeness (QED) is 0.481. The Morgan fingerprint density at radius 3 is 2.95 bits per heavy atom. The lowest BCUT2D eigenvalue weighted by Gasteiger charge is -2.02. The van der Waals surface area contributed by atoms with Gasteiger partial charge in [-0.15, -0.1) is 5.10 Å². The molecule has 5 heteroatoms. The molecule has 0 amide bonds. The topological polar surface area (TPSA) is 57.0 Å². The molecule has 0 bridgehead atoms. The molecule has 5 nitrogen and oxygen atoms in total. The molecule has 0 atom stereocenters. The van der Waals surface area contributed by atoms with Crippen molar-refractivity contribution >= 4 is 23.1 Å². The van der Waals surface area contributed by atoms with Crippen molar-refractivity contribution in [3.63, 3.8) is 0 Å². The van der Waals surface area contributed by atoms with Gasteiger partial charge in [-0.25, -0.2) is 9.48 Å². The van der Waals surface area contributed by atoms with E-state index < -0.39 is 0 Å². The van der Waals surface area contributed by atoms with Crippen molar-refractivity contribution in [3.8, 4) is 0 Å². The van der Waals surface area contributed by atoms with E-state index in [0.29, 0.717) is 13.2 Å². The first-order chi connectivity index (χ1) is 10.2. The number of hydrogen-bond donors (Lipinski definition) is 0. The molecular weight excluding hydrogens is 266 g/mol. The number of benzene rings is 1. The molecule has 0 unspecified atom stereocenters. The Hall–Kier alpha value is -2.43. The molecule has 2 rings (SSSR count). The maximum atomic E-state index is 11.4. The van der Waals surface area contributed by atoms with Crippen molar-refractivity contribution in [2.24, 2.45) is 0 Å². The van der Waals surface area contributed by atoms with E-state index in [-0.39, 0.29) is 5.97 Å². The van der Waals surface area contributed by atoms with Crippen LogP contribution in [-0.4, -0.2) is 27.6 Å². The Morgan fingerprint density at radius 2 is 2.24 bits per heavy atom. The van der Waals surface area contributed by atoms with Crippen LogP contribution in [0.5, 0.6) is 0 Å². The van der Waals surface area contributed by atoms with Crippen molar-refractivity contribution in [2.75, 3.05) is 6.61 Å². The first-order valence-corrected chi connectivity index (χ1v) is 6.96. The molecule has 21 heavy (non-hydrogen) atoms. The summed E-state index contributed by atoms with van der Waals surface area (Å²) in [6, 6.07) is 3.93. The Morgan fingerprint density at radius 1 is 1.43 bits per heavy atom. The number of esters is 1. The highest BCUT2D eigenvalue weighted by Gasteiger charge is 2.08. The number of aromatic nitrogens is 3. The predicted octanol–water partition coefficient (Wildman–Crippen LogP) is 2.89. The van der Waals surface area contributed by atoms with E-state index in [9.17, 15) is 4.79 Å². The summed E-state index contributed by atoms with van der Waals surface area (Å²) in [5, 5.41) is 8.38. The fraction of sp³-hybridized carbons (Fsp3) is 0.312. The second kappa shape index (κ2) is 6.83. The number of aryl methyl sites for hydroxylation is 1. The third-order valence-corrected chi connectivity index (χ3v) is 3.18. The highest BCUT2D eigenvalue weighted by atomic mass is 16.5. The maximum absolute atomic E-state index is 11.4. The fourth-order valence-electron chi connectivity index (χ4n) is 2.05. The lowest BCUT2D eigenvalue weighted by Crippen LogP contribution is -1.99. The van der Waals surface area contributed by atoms with Gasteiger partial charge in [0.2, 0.25) is 0 Å². The molecule has 1 heterocycles. The van der Waals surface area contributed by atoms with E-state index in [0.717, 1.165) is 22.2 Å². The number of hydrogen-bond acceptors (Lipinski definition) is 4. The van der Waals surface area contributed by atoms with Crippen LogP contribution in [0, 0.1) is 6.92 Å². The molecule has 0 aliphatic rings. The average molecular weight is 285 g/mol. The van der Waals surface area contributed by atoms with E-state index >= 15 is 0 Å². The molecule has 110 valence electrons. The number of carbonyl (C=O) groups is 1. The van der Waals surface area contributed by atoms with Gasteiger partial charge in [0.25, 0.3) is 0 Å². The lowest BCUT2D eigenvalue weighted by atomic mass is 10.1. The summed E-state index contributed by atoms with van der Waals surface area (Å²) in [6.45, 7) is 6.81. The first-order valence-electron chi connectivity index (χ1n) is 6.96. The van der Waals surface area contributed by atoms with Crippen molar-refractivity contribution in [3.05, 3.63) is 41.5 Å². The minimum absolute atomic E-state index is 0.339. The van der Waals surface area contributed by atoms with Crippen LogP contribution >= 0.6 is 0 Å². The van der Waals surface area contributed by atoms with Crippen molar-refractivity contribution in [1.29, 1.82) is 0 Å². The lowest BCUT2D eigenvalue weighted by molar-refractivity contribution is -0.137. The van der Waals surface area contributed by atoms with Gasteiger partial charge in [0.1, 0.15) is 5.52 Å². The van der Waals surface area contributed by atoms with Gasteiger partial charge in [0.05, 0.1) is 18.7 Å². The minimum Gasteiger partial charge on any atom is -0.463 e. The highest BCUT2D eigenvalue weighted by molar-refractivity contribution is 5.89. The van der Waals surface area contributed by atoms with Gasteiger partial charge in [0.15, 0.2) is 0 Å². The monoisotopic (exact) mass is 285 g/mol. The van der Waals surface area contributed by atoms with E-state index in [1.165, 1.54) is 6.08 Å². The zero-order valence-electron chi connectivity index (χ0n) is 12.5. The van der Waals surface area contributed by atoms with Gasteiger partial charge in [-0.3, -0.25) is 0 Å². The molecular formula is C16H19N3O2. The van der Waals surface area contributed by atoms with Crippen LogP contribution in [0.25, 0.3) is 17.1 Å². The molecule has 0 aliphatic heterocycles. The van der Waals surface area contributed by atoms with Gasteiger partial charge in [-0.1, -0.05) is 23.4 Å². The van der Waals surface area contributed by atoms with Gasteiger partial charge in [-0.05, 0) is 44.0 Å². The second-order valence-corrected chi connectivity index (χ2v) is 4.57. The molecule has 1 aromatic carbocycles. The van der Waals surface area contributed by atoms with Gasteiger partial charge in [-0.2, -0.15) is 0 Å². The van der Waals surface area contributed by atoms with Crippen LogP contribution in [0.3, 0.4) is 0 Å². The minimum atomic E-state index is -0.339. The normalized spacial score (nSPS) is 11.8. The molecule has 1 aromatic heterocycles. The summed E-state index contributed by atoms with van der Waals surface area (Å²) >= 11 is 0. The summed E-state index contributed by atoms with van der Waals surface area (Å²) in [5.74, 6) is -0.339. The van der Waals surface area contributed by atoms with E-state index in [4.69, 9.17) is 4.74 Å². The van der Waals surface area contributed by atoms with Crippen LogP contribution in [0.2, 0.25) is 0 Å². The van der Waals surface area contributed by atoms with Crippen molar-refractivity contribution in [2.45, 2.75) is 27.3 Å². The Balaban J connectivity index is 2.32. The largest absolute Gasteiger partial charge is 0.463 e. The van der Waals surface area contributed by atoms with Gasteiger partial charge in [0, 0.05) is 6.08 Å². The van der Waals surface area contributed by atoms with Crippen LogP contribution in [0.1, 0.15) is 25.0 Å². The Kier molecular flexibility index (Phi) is 4.87. The van der Waals surface area contributed by atoms with E-state index in [1.807, 2.05) is 42.8 Å². The summed E-state index contributed by atoms with van der Waals surface area (Å²) in [4.78, 5) is 11.4. The first kappa shape index (κ1) is 15.0. The molecule has 0 spiro atoms. The average Bonchev–Trinajstić information content (AvgIpc) is 2.88. The summed E-state index contributed by atoms with van der Waals surface area (Å²) < 4.78 is 6.72. The Labute approximate surface area is 123 Å². The third kappa shape index (κ3) is 3.37. The number of nitrogens with zero attached hydrogens (tertiary/aromatic N) is 3. The molecule has 0 fully saturated rings.